The van der Waals surface area contributed by atoms with Crippen LogP contribution in [0.15, 0.2) is 18.2 Å². The number of nitrogens with one attached hydrogen (secondary N) is 1. The molecule has 28 heavy (non-hydrogen) atoms. The predicted octanol–water partition coefficient (Wildman–Crippen LogP) is 2.92. The largest absolute Gasteiger partial charge is 0.324 e. The Hall–Kier alpha value is -2.70. The molecule has 0 aliphatic carbocycles. The number of carbonyl (C=O) groups excluding carboxylic acids is 2. The summed E-state index contributed by atoms with van der Waals surface area (Å²) >= 11 is 0. The maximum absolute atomic E-state index is 12.9. The van der Waals surface area contributed by atoms with Crippen LogP contribution in [0.1, 0.15) is 60.9 Å². The third-order valence-corrected chi connectivity index (χ3v) is 5.62. The highest BCUT2D eigenvalue weighted by Crippen LogP contribution is 2.32. The maximum Gasteiger partial charge on any atom is 0.313 e. The third-order valence-electron chi connectivity index (χ3n) is 5.62. The van der Waals surface area contributed by atoms with E-state index in [0.29, 0.717) is 12.2 Å². The quantitative estimate of drug-likeness (QED) is 0.811. The molecular formula is C21H27N5O2. The van der Waals surface area contributed by atoms with Crippen LogP contribution in [0.25, 0.3) is 0 Å². The average Bonchev–Trinajstić information content (AvgIpc) is 3.21. The first-order valence-corrected chi connectivity index (χ1v) is 10.1. The molecule has 2 amide bonds. The Morgan fingerprint density at radius 1 is 1.00 bits per heavy atom. The molecule has 7 heteroatoms. The number of likely N-dealkylation sites (tertiary alicyclic amines) is 1. The molecule has 2 aromatic rings. The second-order valence-corrected chi connectivity index (χ2v) is 7.92. The summed E-state index contributed by atoms with van der Waals surface area (Å²) in [5, 5.41) is 11.5. The molecule has 3 heterocycles. The van der Waals surface area contributed by atoms with Gasteiger partial charge in [-0.1, -0.05) is 12.5 Å². The number of hydrogen-bond acceptors (Lipinski definition) is 4. The summed E-state index contributed by atoms with van der Waals surface area (Å²) in [6, 6.07) is 5.61. The third kappa shape index (κ3) is 3.66. The summed E-state index contributed by atoms with van der Waals surface area (Å²) in [7, 11) is 0. The van der Waals surface area contributed by atoms with Gasteiger partial charge in [-0.15, -0.1) is 10.2 Å². The number of aromatic nitrogens is 3. The lowest BCUT2D eigenvalue weighted by Crippen LogP contribution is -2.40. The topological polar surface area (TPSA) is 80.1 Å². The normalized spacial score (nSPS) is 19.2. The van der Waals surface area contributed by atoms with Crippen LogP contribution in [0, 0.1) is 13.8 Å². The van der Waals surface area contributed by atoms with Crippen molar-refractivity contribution >= 4 is 17.5 Å². The van der Waals surface area contributed by atoms with Gasteiger partial charge in [0.1, 0.15) is 5.82 Å². The molecule has 2 aliphatic rings. The van der Waals surface area contributed by atoms with Gasteiger partial charge in [-0.2, -0.15) is 0 Å². The Bertz CT molecular complexity index is 884. The molecule has 0 spiro atoms. The molecule has 1 saturated heterocycles. The van der Waals surface area contributed by atoms with Gasteiger partial charge in [0.05, 0.1) is 6.04 Å². The van der Waals surface area contributed by atoms with Gasteiger partial charge in [0.2, 0.25) is 0 Å². The lowest BCUT2D eigenvalue weighted by molar-refractivity contribution is -0.143. The molecule has 0 unspecified atom stereocenters. The minimum Gasteiger partial charge on any atom is -0.324 e. The number of aryl methyl sites for hydroxylation is 3. The first kappa shape index (κ1) is 18.7. The minimum absolute atomic E-state index is 0.170. The van der Waals surface area contributed by atoms with Crippen molar-refractivity contribution in [2.75, 3.05) is 11.9 Å². The van der Waals surface area contributed by atoms with Gasteiger partial charge in [0.25, 0.3) is 0 Å². The Labute approximate surface area is 165 Å². The average molecular weight is 381 g/mol. The first-order chi connectivity index (χ1) is 13.5. The fourth-order valence-corrected chi connectivity index (χ4v) is 4.39. The lowest BCUT2D eigenvalue weighted by Gasteiger charge is -2.24. The van der Waals surface area contributed by atoms with E-state index in [1.807, 2.05) is 32.0 Å². The molecule has 2 aliphatic heterocycles. The maximum atomic E-state index is 12.9. The Morgan fingerprint density at radius 3 is 2.57 bits per heavy atom. The van der Waals surface area contributed by atoms with Crippen molar-refractivity contribution in [1.82, 2.24) is 19.7 Å². The number of rotatable bonds is 2. The number of anilines is 1. The van der Waals surface area contributed by atoms with Gasteiger partial charge >= 0.3 is 11.8 Å². The van der Waals surface area contributed by atoms with Crippen molar-refractivity contribution in [1.29, 1.82) is 0 Å². The zero-order chi connectivity index (χ0) is 19.7. The van der Waals surface area contributed by atoms with Crippen molar-refractivity contribution in [3.8, 4) is 0 Å². The zero-order valence-corrected chi connectivity index (χ0v) is 16.6. The molecule has 4 rings (SSSR count). The van der Waals surface area contributed by atoms with E-state index in [4.69, 9.17) is 0 Å². The number of hydrogen-bond donors (Lipinski definition) is 1. The fourth-order valence-electron chi connectivity index (χ4n) is 4.39. The van der Waals surface area contributed by atoms with Crippen LogP contribution in [-0.4, -0.2) is 38.0 Å². The van der Waals surface area contributed by atoms with Crippen LogP contribution in [0.4, 0.5) is 5.69 Å². The smallest absolute Gasteiger partial charge is 0.313 e. The summed E-state index contributed by atoms with van der Waals surface area (Å²) in [5.74, 6) is 0.758. The second kappa shape index (κ2) is 7.73. The number of amides is 2. The van der Waals surface area contributed by atoms with Gasteiger partial charge in [-0.25, -0.2) is 0 Å². The second-order valence-electron chi connectivity index (χ2n) is 7.92. The number of nitrogens with zero attached hydrogens (tertiary/aromatic N) is 4. The van der Waals surface area contributed by atoms with Gasteiger partial charge in [-0.3, -0.25) is 9.59 Å². The number of carbonyl (C=O) groups is 2. The monoisotopic (exact) mass is 381 g/mol. The fraction of sp³-hybridized carbons (Fsp3) is 0.524. The molecule has 1 N–H and O–H groups in total. The summed E-state index contributed by atoms with van der Waals surface area (Å²) < 4.78 is 2.17. The van der Waals surface area contributed by atoms with Crippen molar-refractivity contribution in [2.24, 2.45) is 0 Å². The highest BCUT2D eigenvalue weighted by Gasteiger charge is 2.37. The molecule has 0 bridgehead atoms. The number of benzene rings is 1. The van der Waals surface area contributed by atoms with Gasteiger partial charge in [0, 0.05) is 25.2 Å². The van der Waals surface area contributed by atoms with Crippen LogP contribution < -0.4 is 5.32 Å². The highest BCUT2D eigenvalue weighted by atomic mass is 16.2. The summed E-state index contributed by atoms with van der Waals surface area (Å²) in [4.78, 5) is 27.2. The summed E-state index contributed by atoms with van der Waals surface area (Å²) in [6.45, 7) is 5.41. The number of fused-ring (bicyclic) bond motifs is 1. The molecule has 148 valence electrons. The Balaban J connectivity index is 1.52. The standard InChI is InChI=1S/C21H27N5O2/c1-14-11-15(2)13-16(12-14)22-20(27)21(28)25-10-6-7-17(25)19-24-23-18-8-4-3-5-9-26(18)19/h11-13,17H,3-10H2,1-2H3,(H,22,27)/t17-/m1/s1. The van der Waals surface area contributed by atoms with Crippen molar-refractivity contribution < 1.29 is 9.59 Å². The van der Waals surface area contributed by atoms with Crippen LogP contribution in [-0.2, 0) is 22.6 Å². The van der Waals surface area contributed by atoms with E-state index in [2.05, 4.69) is 20.1 Å². The minimum atomic E-state index is -0.590. The SMILES string of the molecule is Cc1cc(C)cc(NC(=O)C(=O)N2CCC[C@@H]2c2nnc3n2CCCCC3)c1. The summed E-state index contributed by atoms with van der Waals surface area (Å²) in [5.41, 5.74) is 2.75. The first-order valence-electron chi connectivity index (χ1n) is 10.1. The molecule has 0 radical (unpaired) electrons. The Kier molecular flexibility index (Phi) is 5.15. The van der Waals surface area contributed by atoms with Gasteiger partial charge < -0.3 is 14.8 Å². The Morgan fingerprint density at radius 2 is 1.79 bits per heavy atom. The van der Waals surface area contributed by atoms with E-state index in [-0.39, 0.29) is 6.04 Å². The van der Waals surface area contributed by atoms with Gasteiger partial charge in [-0.05, 0) is 62.8 Å². The van der Waals surface area contributed by atoms with Crippen LogP contribution in [0.2, 0.25) is 0 Å². The molecule has 0 saturated carbocycles. The molecule has 1 fully saturated rings. The molecular weight excluding hydrogens is 354 g/mol. The van der Waals surface area contributed by atoms with Crippen LogP contribution >= 0.6 is 0 Å². The summed E-state index contributed by atoms with van der Waals surface area (Å²) in [6.07, 6.45) is 6.04. The van der Waals surface area contributed by atoms with Crippen LogP contribution in [0.3, 0.4) is 0 Å². The van der Waals surface area contributed by atoms with Crippen molar-refractivity contribution in [3.05, 3.63) is 41.0 Å². The molecule has 1 aromatic carbocycles. The van der Waals surface area contributed by atoms with Crippen LogP contribution in [0.5, 0.6) is 0 Å². The molecule has 7 nitrogen and oxygen atoms in total. The lowest BCUT2D eigenvalue weighted by atomic mass is 10.1. The van der Waals surface area contributed by atoms with Crippen molar-refractivity contribution in [2.45, 2.75) is 65.0 Å². The van der Waals surface area contributed by atoms with E-state index < -0.39 is 11.8 Å². The molecule has 1 atom stereocenters. The van der Waals surface area contributed by atoms with E-state index in [1.54, 1.807) is 4.90 Å². The zero-order valence-electron chi connectivity index (χ0n) is 16.6. The van der Waals surface area contributed by atoms with Crippen molar-refractivity contribution in [3.63, 3.8) is 0 Å². The van der Waals surface area contributed by atoms with E-state index in [9.17, 15) is 9.59 Å². The predicted molar refractivity (Wildman–Crippen MR) is 106 cm³/mol. The molecule has 1 aromatic heterocycles. The highest BCUT2D eigenvalue weighted by molar-refractivity contribution is 6.39. The van der Waals surface area contributed by atoms with E-state index >= 15 is 0 Å². The van der Waals surface area contributed by atoms with E-state index in [0.717, 1.165) is 61.4 Å². The van der Waals surface area contributed by atoms with Gasteiger partial charge in [0.15, 0.2) is 5.82 Å². The van der Waals surface area contributed by atoms with E-state index in [1.165, 1.54) is 6.42 Å².